The second-order valence-electron chi connectivity index (χ2n) is 5.15. The fourth-order valence-electron chi connectivity index (χ4n) is 2.47. The van der Waals surface area contributed by atoms with Crippen LogP contribution in [0.5, 0.6) is 0 Å². The van der Waals surface area contributed by atoms with E-state index >= 15 is 0 Å². The van der Waals surface area contributed by atoms with Gasteiger partial charge in [-0.15, -0.1) is 0 Å². The quantitative estimate of drug-likeness (QED) is 0.598. The van der Waals surface area contributed by atoms with Gasteiger partial charge in [-0.2, -0.15) is 0 Å². The minimum Gasteiger partial charge on any atom is -0.466 e. The molecule has 0 amide bonds. The molecule has 0 saturated carbocycles. The Morgan fingerprint density at radius 2 is 1.68 bits per heavy atom. The number of ether oxygens (including phenoxy) is 1. The molecule has 0 heterocycles. The van der Waals surface area contributed by atoms with Crippen LogP contribution in [-0.4, -0.2) is 18.4 Å². The molecule has 2 aromatic carbocycles. The third-order valence-electron chi connectivity index (χ3n) is 3.57. The minimum absolute atomic E-state index is 0.0183. The molecule has 0 aliphatic heterocycles. The van der Waals surface area contributed by atoms with Gasteiger partial charge in [0.25, 0.3) is 0 Å². The molecule has 3 heteroatoms. The summed E-state index contributed by atoms with van der Waals surface area (Å²) in [7, 11) is 0. The summed E-state index contributed by atoms with van der Waals surface area (Å²) >= 11 is 0. The molecule has 0 spiro atoms. The van der Waals surface area contributed by atoms with Gasteiger partial charge >= 0.3 is 5.97 Å². The standard InChI is InChI=1S/C19H20O3/c1-3-22-19(21)13-18(15-8-5-4-6-9-15)17-11-7-10-16(12-17)14(2)20/h4-12,18H,3,13H2,1-2H3. The maximum atomic E-state index is 11.9. The fraction of sp³-hybridized carbons (Fsp3) is 0.263. The van der Waals surface area contributed by atoms with Crippen LogP contribution in [0.2, 0.25) is 0 Å². The second-order valence-corrected chi connectivity index (χ2v) is 5.15. The van der Waals surface area contributed by atoms with E-state index in [1.165, 1.54) is 0 Å². The Bertz CT molecular complexity index is 647. The van der Waals surface area contributed by atoms with Crippen molar-refractivity contribution >= 4 is 11.8 Å². The summed E-state index contributed by atoms with van der Waals surface area (Å²) in [6, 6.07) is 17.3. The van der Waals surface area contributed by atoms with Crippen molar-refractivity contribution in [1.29, 1.82) is 0 Å². The van der Waals surface area contributed by atoms with E-state index in [-0.39, 0.29) is 24.1 Å². The third kappa shape index (κ3) is 4.04. The molecular weight excluding hydrogens is 276 g/mol. The Balaban J connectivity index is 2.37. The van der Waals surface area contributed by atoms with Crippen LogP contribution in [0.15, 0.2) is 54.6 Å². The van der Waals surface area contributed by atoms with Crippen molar-refractivity contribution in [2.24, 2.45) is 0 Å². The van der Waals surface area contributed by atoms with Crippen LogP contribution in [0.1, 0.15) is 47.7 Å². The lowest BCUT2D eigenvalue weighted by atomic mass is 9.87. The van der Waals surface area contributed by atoms with E-state index in [2.05, 4.69) is 0 Å². The van der Waals surface area contributed by atoms with Crippen molar-refractivity contribution in [2.75, 3.05) is 6.61 Å². The smallest absolute Gasteiger partial charge is 0.306 e. The van der Waals surface area contributed by atoms with Gasteiger partial charge in [-0.3, -0.25) is 9.59 Å². The van der Waals surface area contributed by atoms with Crippen molar-refractivity contribution in [2.45, 2.75) is 26.2 Å². The number of rotatable bonds is 6. The number of Topliss-reactive ketones (excluding diaryl/α,β-unsaturated/α-hetero) is 1. The van der Waals surface area contributed by atoms with E-state index in [0.29, 0.717) is 12.2 Å². The average molecular weight is 296 g/mol. The highest BCUT2D eigenvalue weighted by Gasteiger charge is 2.19. The Morgan fingerprint density at radius 1 is 1.00 bits per heavy atom. The SMILES string of the molecule is CCOC(=O)CC(c1ccccc1)c1cccc(C(C)=O)c1. The largest absolute Gasteiger partial charge is 0.466 e. The van der Waals surface area contributed by atoms with E-state index in [1.807, 2.05) is 48.5 Å². The Morgan fingerprint density at radius 3 is 2.32 bits per heavy atom. The molecule has 1 atom stereocenters. The number of esters is 1. The summed E-state index contributed by atoms with van der Waals surface area (Å²) in [6.07, 6.45) is 0.263. The Labute approximate surface area is 130 Å². The maximum Gasteiger partial charge on any atom is 0.306 e. The predicted molar refractivity (Wildman–Crippen MR) is 86.0 cm³/mol. The third-order valence-corrected chi connectivity index (χ3v) is 3.57. The van der Waals surface area contributed by atoms with Crippen LogP contribution in [0.25, 0.3) is 0 Å². The van der Waals surface area contributed by atoms with Gasteiger partial charge in [0.15, 0.2) is 5.78 Å². The molecule has 22 heavy (non-hydrogen) atoms. The minimum atomic E-state index is -0.232. The van der Waals surface area contributed by atoms with E-state index in [1.54, 1.807) is 19.9 Å². The van der Waals surface area contributed by atoms with Crippen molar-refractivity contribution in [3.8, 4) is 0 Å². The summed E-state index contributed by atoms with van der Waals surface area (Å²) in [5.41, 5.74) is 2.64. The monoisotopic (exact) mass is 296 g/mol. The first kappa shape index (κ1) is 16.0. The molecule has 0 aliphatic carbocycles. The topological polar surface area (TPSA) is 43.4 Å². The molecule has 0 fully saturated rings. The van der Waals surface area contributed by atoms with Crippen LogP contribution in [0.4, 0.5) is 0 Å². The van der Waals surface area contributed by atoms with Gasteiger partial charge in [0, 0.05) is 11.5 Å². The molecule has 2 aromatic rings. The van der Waals surface area contributed by atoms with Gasteiger partial charge in [-0.05, 0) is 31.0 Å². The van der Waals surface area contributed by atoms with Gasteiger partial charge in [-0.1, -0.05) is 48.5 Å². The number of benzene rings is 2. The number of hydrogen-bond donors (Lipinski definition) is 0. The van der Waals surface area contributed by atoms with Crippen molar-refractivity contribution < 1.29 is 14.3 Å². The highest BCUT2D eigenvalue weighted by atomic mass is 16.5. The zero-order valence-electron chi connectivity index (χ0n) is 12.9. The number of carbonyl (C=O) groups is 2. The second kappa shape index (κ2) is 7.55. The molecule has 1 unspecified atom stereocenters. The van der Waals surface area contributed by atoms with Crippen LogP contribution in [0, 0.1) is 0 Å². The number of ketones is 1. The van der Waals surface area contributed by atoms with Crippen LogP contribution >= 0.6 is 0 Å². The van der Waals surface area contributed by atoms with Gasteiger partial charge in [0.05, 0.1) is 13.0 Å². The van der Waals surface area contributed by atoms with E-state index in [0.717, 1.165) is 11.1 Å². The van der Waals surface area contributed by atoms with Crippen LogP contribution < -0.4 is 0 Å². The summed E-state index contributed by atoms with van der Waals surface area (Å²) in [5, 5.41) is 0. The zero-order chi connectivity index (χ0) is 15.9. The first-order chi connectivity index (χ1) is 10.6. The van der Waals surface area contributed by atoms with Gasteiger partial charge in [0.1, 0.15) is 0 Å². The number of carbonyl (C=O) groups excluding carboxylic acids is 2. The molecule has 3 nitrogen and oxygen atoms in total. The van der Waals surface area contributed by atoms with Gasteiger partial charge < -0.3 is 4.74 Å². The summed E-state index contributed by atoms with van der Waals surface area (Å²) in [6.45, 7) is 3.71. The molecular formula is C19H20O3. The summed E-state index contributed by atoms with van der Waals surface area (Å²) in [4.78, 5) is 23.5. The van der Waals surface area contributed by atoms with Crippen molar-refractivity contribution in [3.63, 3.8) is 0 Å². The molecule has 0 N–H and O–H groups in total. The molecule has 0 saturated heterocycles. The molecule has 0 radical (unpaired) electrons. The Kier molecular flexibility index (Phi) is 5.48. The fourth-order valence-corrected chi connectivity index (χ4v) is 2.47. The van der Waals surface area contributed by atoms with E-state index < -0.39 is 0 Å². The first-order valence-corrected chi connectivity index (χ1v) is 7.43. The van der Waals surface area contributed by atoms with Gasteiger partial charge in [-0.25, -0.2) is 0 Å². The highest BCUT2D eigenvalue weighted by Crippen LogP contribution is 2.29. The van der Waals surface area contributed by atoms with Crippen molar-refractivity contribution in [1.82, 2.24) is 0 Å². The van der Waals surface area contributed by atoms with E-state index in [9.17, 15) is 9.59 Å². The van der Waals surface area contributed by atoms with E-state index in [4.69, 9.17) is 4.74 Å². The first-order valence-electron chi connectivity index (χ1n) is 7.43. The lowest BCUT2D eigenvalue weighted by molar-refractivity contribution is -0.143. The van der Waals surface area contributed by atoms with Crippen molar-refractivity contribution in [3.05, 3.63) is 71.3 Å². The lowest BCUT2D eigenvalue weighted by Gasteiger charge is -2.18. The predicted octanol–water partition coefficient (Wildman–Crippen LogP) is 3.97. The summed E-state index contributed by atoms with van der Waals surface area (Å²) in [5.74, 6) is -0.325. The average Bonchev–Trinajstić information content (AvgIpc) is 2.54. The molecule has 114 valence electrons. The zero-order valence-corrected chi connectivity index (χ0v) is 12.9. The molecule has 2 rings (SSSR count). The van der Waals surface area contributed by atoms with Gasteiger partial charge in [0.2, 0.25) is 0 Å². The van der Waals surface area contributed by atoms with Crippen LogP contribution in [0.3, 0.4) is 0 Å². The number of hydrogen-bond acceptors (Lipinski definition) is 3. The summed E-state index contributed by atoms with van der Waals surface area (Å²) < 4.78 is 5.09. The highest BCUT2D eigenvalue weighted by molar-refractivity contribution is 5.94. The Hall–Kier alpha value is -2.42. The lowest BCUT2D eigenvalue weighted by Crippen LogP contribution is -2.12. The van der Waals surface area contributed by atoms with Crippen LogP contribution in [-0.2, 0) is 9.53 Å². The normalized spacial score (nSPS) is 11.7. The molecule has 0 aliphatic rings. The molecule has 0 bridgehead atoms. The molecule has 0 aromatic heterocycles. The maximum absolute atomic E-state index is 11.9.